The largest absolute Gasteiger partial charge is 0.288 e. The fraction of sp³-hybridized carbons (Fsp3) is 1.00. The molecule has 0 atom stereocenters. The molecule has 4 nitrogen and oxygen atoms in total. The van der Waals surface area contributed by atoms with Crippen LogP contribution in [-0.4, -0.2) is 36.3 Å². The highest BCUT2D eigenvalue weighted by Crippen LogP contribution is 2.80. The molecule has 11 heavy (non-hydrogen) atoms. The Kier molecular flexibility index (Phi) is 2.80. The Labute approximate surface area is 68.5 Å². The molecule has 0 aromatic heterocycles. The van der Waals surface area contributed by atoms with Gasteiger partial charge >= 0.3 is 0 Å². The van der Waals surface area contributed by atoms with Gasteiger partial charge in [0, 0.05) is 27.4 Å². The van der Waals surface area contributed by atoms with Crippen molar-refractivity contribution in [2.75, 3.05) is 27.4 Å². The third-order valence-electron chi connectivity index (χ3n) is 2.15. The van der Waals surface area contributed by atoms with Gasteiger partial charge in [0.25, 0.3) is 0 Å². The molecule has 1 heterocycles. The third-order valence-corrected chi connectivity index (χ3v) is 10.4. The summed E-state index contributed by atoms with van der Waals surface area (Å²) < 4.78 is 25.8. The molecule has 68 valence electrons. The zero-order valence-corrected chi connectivity index (χ0v) is 8.39. The van der Waals surface area contributed by atoms with Crippen molar-refractivity contribution in [3.05, 3.63) is 0 Å². The summed E-state index contributed by atoms with van der Waals surface area (Å²) in [5.41, 5.74) is 0. The molecule has 1 fully saturated rings. The van der Waals surface area contributed by atoms with E-state index >= 15 is 0 Å². The summed E-state index contributed by atoms with van der Waals surface area (Å²) in [6, 6.07) is 0. The van der Waals surface area contributed by atoms with E-state index in [4.69, 9.17) is 0 Å². The minimum absolute atomic E-state index is 0. The Morgan fingerprint density at radius 3 is 1.18 bits per heavy atom. The van der Waals surface area contributed by atoms with E-state index in [1.54, 1.807) is 27.4 Å². The van der Waals surface area contributed by atoms with Gasteiger partial charge in [0.1, 0.15) is 0 Å². The molecule has 0 bridgehead atoms. The molecule has 1 rings (SSSR count). The lowest BCUT2D eigenvalue weighted by molar-refractivity contribution is 0.434. The maximum Gasteiger partial charge on any atom is 0.226 e. The molecule has 0 aromatic rings. The lowest BCUT2D eigenvalue weighted by Crippen LogP contribution is -2.36. The summed E-state index contributed by atoms with van der Waals surface area (Å²) in [5.74, 6) is 0. The topological polar surface area (TPSA) is 40.6 Å². The normalized spacial score (nSPS) is 46.2. The first kappa shape index (κ1) is 11.4. The summed E-state index contributed by atoms with van der Waals surface area (Å²) in [4.78, 5) is 0. The molecule has 0 spiro atoms. The molecule has 0 unspecified atom stereocenters. The average molecular weight is 198 g/mol. The van der Waals surface area contributed by atoms with Crippen LogP contribution < -0.4 is 0 Å². The zero-order valence-electron chi connectivity index (χ0n) is 6.61. The maximum absolute atomic E-state index is 11.4. The number of hydrogen-bond donors (Lipinski definition) is 0. The van der Waals surface area contributed by atoms with Crippen LogP contribution in [0.3, 0.4) is 0 Å². The van der Waals surface area contributed by atoms with E-state index in [-0.39, 0.29) is 7.43 Å². The van der Waals surface area contributed by atoms with Crippen molar-refractivity contribution in [2.24, 2.45) is 0 Å². The van der Waals surface area contributed by atoms with Crippen molar-refractivity contribution in [3.8, 4) is 0 Å². The lowest BCUT2D eigenvalue weighted by atomic mass is 11.6. The maximum atomic E-state index is 11.4. The molecular weight excluding hydrogens is 182 g/mol. The second-order valence-corrected chi connectivity index (χ2v) is 9.02. The van der Waals surface area contributed by atoms with Crippen molar-refractivity contribution < 1.29 is 9.13 Å². The van der Waals surface area contributed by atoms with E-state index in [1.165, 1.54) is 8.88 Å². The molecule has 0 amide bonds. The van der Waals surface area contributed by atoms with Crippen LogP contribution in [0.2, 0.25) is 0 Å². The Bertz CT molecular complexity index is 211. The van der Waals surface area contributed by atoms with Crippen LogP contribution in [0.15, 0.2) is 0 Å². The quantitative estimate of drug-likeness (QED) is 0.559. The van der Waals surface area contributed by atoms with Crippen molar-refractivity contribution in [3.63, 3.8) is 0 Å². The number of rotatable bonds is 0. The van der Waals surface area contributed by atoms with Gasteiger partial charge in [-0.15, -0.1) is 0 Å². The van der Waals surface area contributed by atoms with E-state index in [0.29, 0.717) is 0 Å². The Morgan fingerprint density at radius 1 is 0.909 bits per heavy atom. The van der Waals surface area contributed by atoms with Gasteiger partial charge < -0.3 is 0 Å². The average Bonchev–Trinajstić information content (AvgIpc) is 1.84. The predicted octanol–water partition coefficient (Wildman–Crippen LogP) is 2.15. The summed E-state index contributed by atoms with van der Waals surface area (Å²) in [6.45, 7) is 3.24. The van der Waals surface area contributed by atoms with Crippen molar-refractivity contribution in [2.45, 2.75) is 7.43 Å². The zero-order chi connectivity index (χ0) is 8.15. The smallest absolute Gasteiger partial charge is 0.226 e. The lowest BCUT2D eigenvalue weighted by Gasteiger charge is -2.49. The fourth-order valence-corrected chi connectivity index (χ4v) is 7.56. The van der Waals surface area contributed by atoms with E-state index < -0.39 is 14.9 Å². The van der Waals surface area contributed by atoms with E-state index in [2.05, 4.69) is 0 Å². The Hall–Kier alpha value is 0.380. The molecule has 6 heteroatoms. The minimum atomic E-state index is -2.37. The molecule has 0 N–H and O–H groups in total. The van der Waals surface area contributed by atoms with Crippen LogP contribution in [0.5, 0.6) is 0 Å². The predicted molar refractivity (Wildman–Crippen MR) is 49.3 cm³/mol. The first-order chi connectivity index (χ1) is 4.31. The van der Waals surface area contributed by atoms with Gasteiger partial charge in [-0.3, -0.25) is 9.13 Å². The molecule has 0 aromatic carbocycles. The van der Waals surface area contributed by atoms with Crippen molar-refractivity contribution in [1.29, 1.82) is 0 Å². The minimum Gasteiger partial charge on any atom is -0.288 e. The molecule has 1 aliphatic rings. The highest BCUT2D eigenvalue weighted by molar-refractivity contribution is 7.87. The first-order valence-electron chi connectivity index (χ1n) is 2.95. The van der Waals surface area contributed by atoms with E-state index in [1.807, 2.05) is 0 Å². The van der Waals surface area contributed by atoms with Gasteiger partial charge in [-0.2, -0.15) is 8.88 Å². The monoisotopic (exact) mass is 198 g/mol. The van der Waals surface area contributed by atoms with Gasteiger partial charge in [-0.1, -0.05) is 7.43 Å². The summed E-state index contributed by atoms with van der Waals surface area (Å²) >= 11 is 0. The molecule has 1 saturated heterocycles. The van der Waals surface area contributed by atoms with E-state index in [0.717, 1.165) is 0 Å². The molecule has 1 aliphatic heterocycles. The van der Waals surface area contributed by atoms with Crippen LogP contribution in [0, 0.1) is 0 Å². The van der Waals surface area contributed by atoms with Gasteiger partial charge in [-0.05, 0) is 0 Å². The summed E-state index contributed by atoms with van der Waals surface area (Å²) in [5, 5.41) is 0. The highest BCUT2D eigenvalue weighted by Gasteiger charge is 2.53. The van der Waals surface area contributed by atoms with Crippen molar-refractivity contribution in [1.82, 2.24) is 8.88 Å². The number of hydrogen-bond acceptors (Lipinski definition) is 2. The van der Waals surface area contributed by atoms with Gasteiger partial charge in [0.2, 0.25) is 14.9 Å². The van der Waals surface area contributed by atoms with Crippen LogP contribution in [0.1, 0.15) is 7.43 Å². The van der Waals surface area contributed by atoms with Crippen LogP contribution in [0.25, 0.3) is 0 Å². The molecular formula is C5H16N2O2P2. The van der Waals surface area contributed by atoms with Gasteiger partial charge in [0.05, 0.1) is 0 Å². The Morgan fingerprint density at radius 2 is 1.09 bits per heavy atom. The summed E-state index contributed by atoms with van der Waals surface area (Å²) in [7, 11) is -1.45. The van der Waals surface area contributed by atoms with Crippen LogP contribution in [-0.2, 0) is 9.13 Å². The first-order valence-corrected chi connectivity index (χ1v) is 7.07. The van der Waals surface area contributed by atoms with Crippen LogP contribution in [0.4, 0.5) is 0 Å². The van der Waals surface area contributed by atoms with Crippen LogP contribution >= 0.6 is 14.9 Å². The molecule has 0 radical (unpaired) electrons. The number of nitrogens with zero attached hydrogens (tertiary/aromatic N) is 2. The Balaban J connectivity index is 0.000001000. The summed E-state index contributed by atoms with van der Waals surface area (Å²) in [6.07, 6.45) is 0. The molecule has 0 aliphatic carbocycles. The third kappa shape index (κ3) is 1.23. The van der Waals surface area contributed by atoms with Gasteiger partial charge in [-0.25, -0.2) is 0 Å². The van der Waals surface area contributed by atoms with E-state index in [9.17, 15) is 9.13 Å². The standard InChI is InChI=1S/C4H12N2O2P2.CH4/c1-5-9(3,7)6(2)10(5,4)8;/h1-4H3;1H4. The fourth-order valence-electron chi connectivity index (χ4n) is 0.959. The van der Waals surface area contributed by atoms with Crippen molar-refractivity contribution >= 4 is 14.9 Å². The second-order valence-electron chi connectivity index (χ2n) is 2.65. The highest BCUT2D eigenvalue weighted by atomic mass is 31.3. The van der Waals surface area contributed by atoms with Gasteiger partial charge in [0.15, 0.2) is 0 Å². The SMILES string of the molecule is C.CN1P(C)(=O)N(C)P1(C)=O. The second kappa shape index (κ2) is 2.70. The molecule has 0 saturated carbocycles.